The van der Waals surface area contributed by atoms with Gasteiger partial charge in [0.05, 0.1) is 11.3 Å². The summed E-state index contributed by atoms with van der Waals surface area (Å²) in [6, 6.07) is 9.41. The van der Waals surface area contributed by atoms with Crippen LogP contribution in [0.5, 0.6) is 0 Å². The summed E-state index contributed by atoms with van der Waals surface area (Å²) >= 11 is 3.32. The molecule has 0 saturated heterocycles. The van der Waals surface area contributed by atoms with Gasteiger partial charge in [-0.15, -0.1) is 0 Å². The Morgan fingerprint density at radius 2 is 1.96 bits per heavy atom. The maximum absolute atomic E-state index is 11.9. The highest BCUT2D eigenvalue weighted by molar-refractivity contribution is 9.10. The molecule has 0 atom stereocenters. The molecule has 0 bridgehead atoms. The Morgan fingerprint density at radius 1 is 1.20 bits per heavy atom. The minimum absolute atomic E-state index is 0.0256. The van der Waals surface area contributed by atoms with E-state index < -0.39 is 4.92 Å². The molecule has 0 aliphatic heterocycles. The van der Waals surface area contributed by atoms with Crippen molar-refractivity contribution in [2.75, 3.05) is 6.54 Å². The van der Waals surface area contributed by atoms with Gasteiger partial charge in [0.25, 0.3) is 11.2 Å². The Kier molecular flexibility index (Phi) is 6.88. The van der Waals surface area contributed by atoms with Crippen LogP contribution in [-0.2, 0) is 17.8 Å². The molecule has 25 heavy (non-hydrogen) atoms. The van der Waals surface area contributed by atoms with Crippen LogP contribution in [0.25, 0.3) is 0 Å². The maximum atomic E-state index is 11.9. The van der Waals surface area contributed by atoms with Crippen LogP contribution in [0.4, 0.5) is 5.69 Å². The van der Waals surface area contributed by atoms with Gasteiger partial charge in [-0.05, 0) is 34.8 Å². The minimum Gasteiger partial charge on any atom is -0.356 e. The largest absolute Gasteiger partial charge is 0.356 e. The molecule has 1 N–H and O–H groups in total. The number of amides is 1. The molecular formula is C17H18BrN3O4. The Hall–Kier alpha value is -2.48. The van der Waals surface area contributed by atoms with E-state index in [1.807, 2.05) is 0 Å². The molecule has 0 spiro atoms. The fourth-order valence-electron chi connectivity index (χ4n) is 2.39. The van der Waals surface area contributed by atoms with Crippen molar-refractivity contribution >= 4 is 27.5 Å². The third-order valence-corrected chi connectivity index (χ3v) is 4.10. The maximum Gasteiger partial charge on any atom is 0.273 e. The number of unbranched alkanes of at least 4 members (excludes halogenated alkanes) is 1. The summed E-state index contributed by atoms with van der Waals surface area (Å²) in [5.41, 5.74) is 0.279. The molecule has 1 aromatic carbocycles. The van der Waals surface area contributed by atoms with Gasteiger partial charge in [0.2, 0.25) is 5.91 Å². The number of nitrogens with one attached hydrogen (secondary N) is 1. The van der Waals surface area contributed by atoms with E-state index >= 15 is 0 Å². The summed E-state index contributed by atoms with van der Waals surface area (Å²) < 4.78 is 2.45. The number of hydrogen-bond acceptors (Lipinski definition) is 4. The summed E-state index contributed by atoms with van der Waals surface area (Å²) in [5, 5.41) is 13.7. The van der Waals surface area contributed by atoms with Crippen LogP contribution in [0, 0.1) is 10.1 Å². The number of aryl methyl sites for hydroxylation is 1. The quantitative estimate of drug-likeness (QED) is 0.413. The summed E-state index contributed by atoms with van der Waals surface area (Å²) in [6.07, 6.45) is 3.15. The summed E-state index contributed by atoms with van der Waals surface area (Å²) in [6.45, 7) is 1.03. The molecule has 8 heteroatoms. The first-order valence-electron chi connectivity index (χ1n) is 7.82. The Balaban J connectivity index is 1.75. The monoisotopic (exact) mass is 407 g/mol. The first kappa shape index (κ1) is 18.9. The summed E-state index contributed by atoms with van der Waals surface area (Å²) in [5.74, 6) is -0.256. The van der Waals surface area contributed by atoms with E-state index in [1.165, 1.54) is 12.1 Å². The second-order valence-corrected chi connectivity index (χ2v) is 6.41. The van der Waals surface area contributed by atoms with E-state index in [0.29, 0.717) is 25.1 Å². The molecule has 0 radical (unpaired) electrons. The number of rotatable bonds is 8. The lowest BCUT2D eigenvalue weighted by atomic mass is 10.1. The van der Waals surface area contributed by atoms with E-state index in [4.69, 9.17) is 0 Å². The van der Waals surface area contributed by atoms with Gasteiger partial charge in [0, 0.05) is 41.5 Å². The number of nitro groups is 1. The van der Waals surface area contributed by atoms with Crippen molar-refractivity contribution in [2.24, 2.45) is 0 Å². The van der Waals surface area contributed by atoms with Crippen molar-refractivity contribution in [1.29, 1.82) is 0 Å². The van der Waals surface area contributed by atoms with Gasteiger partial charge in [0.1, 0.15) is 0 Å². The van der Waals surface area contributed by atoms with E-state index in [2.05, 4.69) is 21.2 Å². The van der Waals surface area contributed by atoms with Crippen molar-refractivity contribution in [3.05, 3.63) is 73.1 Å². The zero-order valence-electron chi connectivity index (χ0n) is 13.5. The minimum atomic E-state index is -0.488. The molecule has 0 unspecified atom stereocenters. The molecule has 0 aliphatic carbocycles. The van der Waals surface area contributed by atoms with Crippen LogP contribution in [0.3, 0.4) is 0 Å². The molecule has 132 valence electrons. The lowest BCUT2D eigenvalue weighted by Crippen LogP contribution is -2.27. The Labute approximate surface area is 153 Å². The molecule has 1 heterocycles. The molecule has 2 rings (SSSR count). The number of carbonyl (C=O) groups excluding carboxylic acids is 1. The first-order valence-corrected chi connectivity index (χ1v) is 8.61. The summed E-state index contributed by atoms with van der Waals surface area (Å²) in [4.78, 5) is 34.0. The third kappa shape index (κ3) is 5.82. The lowest BCUT2D eigenvalue weighted by Gasteiger charge is -2.07. The lowest BCUT2D eigenvalue weighted by molar-refractivity contribution is -0.385. The molecule has 1 amide bonds. The van der Waals surface area contributed by atoms with Crippen molar-refractivity contribution in [2.45, 2.75) is 25.8 Å². The highest BCUT2D eigenvalue weighted by Crippen LogP contribution is 2.17. The highest BCUT2D eigenvalue weighted by Gasteiger charge is 2.14. The Morgan fingerprint density at radius 3 is 2.72 bits per heavy atom. The smallest absolute Gasteiger partial charge is 0.273 e. The van der Waals surface area contributed by atoms with Gasteiger partial charge in [-0.2, -0.15) is 0 Å². The van der Waals surface area contributed by atoms with Crippen LogP contribution in [0.1, 0.15) is 18.4 Å². The zero-order valence-corrected chi connectivity index (χ0v) is 15.1. The van der Waals surface area contributed by atoms with Crippen molar-refractivity contribution < 1.29 is 9.72 Å². The fraction of sp³-hybridized carbons (Fsp3) is 0.294. The van der Waals surface area contributed by atoms with Gasteiger partial charge < -0.3 is 9.88 Å². The number of carbonyl (C=O) groups is 1. The van der Waals surface area contributed by atoms with E-state index in [0.717, 1.165) is 10.9 Å². The van der Waals surface area contributed by atoms with Gasteiger partial charge in [-0.3, -0.25) is 19.7 Å². The first-order chi connectivity index (χ1) is 12.0. The predicted molar refractivity (Wildman–Crippen MR) is 97.4 cm³/mol. The van der Waals surface area contributed by atoms with Gasteiger partial charge in [-0.25, -0.2) is 0 Å². The average molecular weight is 408 g/mol. The highest BCUT2D eigenvalue weighted by atomic mass is 79.9. The molecule has 0 saturated carbocycles. The van der Waals surface area contributed by atoms with Gasteiger partial charge in [0.15, 0.2) is 0 Å². The number of aromatic nitrogens is 1. The van der Waals surface area contributed by atoms with Crippen LogP contribution < -0.4 is 10.9 Å². The third-order valence-electron chi connectivity index (χ3n) is 3.63. The van der Waals surface area contributed by atoms with E-state index in [1.54, 1.807) is 35.0 Å². The number of nitro benzene ring substituents is 1. The van der Waals surface area contributed by atoms with Crippen molar-refractivity contribution in [3.63, 3.8) is 0 Å². The second-order valence-electron chi connectivity index (χ2n) is 5.50. The topological polar surface area (TPSA) is 94.2 Å². The number of hydrogen-bond donors (Lipinski definition) is 1. The molecule has 0 fully saturated rings. The van der Waals surface area contributed by atoms with Gasteiger partial charge in [-0.1, -0.05) is 18.2 Å². The molecule has 1 aromatic heterocycles. The standard InChI is InChI=1S/C17H18BrN3O4/c18-14-7-8-17(23)20(12-14)10-4-3-9-19-16(22)11-13-5-1-2-6-15(13)21(24)25/h1-2,5-8,12H,3-4,9-11H2,(H,19,22). The van der Waals surface area contributed by atoms with Crippen LogP contribution in [0.2, 0.25) is 0 Å². The Bertz CT molecular complexity index is 820. The number of para-hydroxylation sites is 1. The SMILES string of the molecule is O=C(Cc1ccccc1[N+](=O)[O-])NCCCCn1cc(Br)ccc1=O. The molecule has 7 nitrogen and oxygen atoms in total. The normalized spacial score (nSPS) is 10.4. The molecule has 0 aliphatic rings. The van der Waals surface area contributed by atoms with Crippen molar-refractivity contribution in [3.8, 4) is 0 Å². The summed E-state index contributed by atoms with van der Waals surface area (Å²) in [7, 11) is 0. The second kappa shape index (κ2) is 9.12. The number of benzene rings is 1. The van der Waals surface area contributed by atoms with Crippen LogP contribution >= 0.6 is 15.9 Å². The zero-order chi connectivity index (χ0) is 18.2. The van der Waals surface area contributed by atoms with E-state index in [-0.39, 0.29) is 23.6 Å². The van der Waals surface area contributed by atoms with Crippen molar-refractivity contribution in [1.82, 2.24) is 9.88 Å². The number of halogens is 1. The number of nitrogens with zero attached hydrogens (tertiary/aromatic N) is 2. The molecule has 2 aromatic rings. The van der Waals surface area contributed by atoms with Crippen LogP contribution in [-0.4, -0.2) is 21.9 Å². The fourth-order valence-corrected chi connectivity index (χ4v) is 2.77. The number of pyridine rings is 1. The van der Waals surface area contributed by atoms with Gasteiger partial charge >= 0.3 is 0 Å². The van der Waals surface area contributed by atoms with Crippen LogP contribution in [0.15, 0.2) is 51.9 Å². The molecular weight excluding hydrogens is 390 g/mol. The predicted octanol–water partition coefficient (Wildman–Crippen LogP) is 2.66. The average Bonchev–Trinajstić information content (AvgIpc) is 2.58. The van der Waals surface area contributed by atoms with E-state index in [9.17, 15) is 19.7 Å².